The molecule has 2 aromatic rings. The molecule has 0 saturated carbocycles. The van der Waals surface area contributed by atoms with Crippen molar-refractivity contribution in [1.29, 1.82) is 0 Å². The normalized spacial score (nSPS) is 13.9. The van der Waals surface area contributed by atoms with E-state index in [0.29, 0.717) is 43.9 Å². The highest BCUT2D eigenvalue weighted by Crippen LogP contribution is 2.21. The lowest BCUT2D eigenvalue weighted by Crippen LogP contribution is -2.48. The lowest BCUT2D eigenvalue weighted by atomic mass is 10.1. The van der Waals surface area contributed by atoms with Crippen LogP contribution in [0, 0.1) is 10.1 Å². The van der Waals surface area contributed by atoms with E-state index < -0.39 is 4.92 Å². The zero-order chi connectivity index (χ0) is 20.1. The Bertz CT molecular complexity index is 856. The highest BCUT2D eigenvalue weighted by molar-refractivity contribution is 5.94. The quantitative estimate of drug-likeness (QED) is 0.341. The van der Waals surface area contributed by atoms with Crippen LogP contribution in [-0.4, -0.2) is 47.9 Å². The van der Waals surface area contributed by atoms with Gasteiger partial charge in [0, 0.05) is 56.0 Å². The van der Waals surface area contributed by atoms with Crippen molar-refractivity contribution in [3.8, 4) is 5.75 Å². The van der Waals surface area contributed by atoms with E-state index in [1.54, 1.807) is 48.2 Å². The van der Waals surface area contributed by atoms with Gasteiger partial charge in [0.15, 0.2) is 0 Å². The maximum absolute atomic E-state index is 12.7. The first-order chi connectivity index (χ1) is 13.5. The largest absolute Gasteiger partial charge is 0.427 e. The molecule has 0 radical (unpaired) electrons. The molecule has 8 heteroatoms. The number of esters is 1. The van der Waals surface area contributed by atoms with Gasteiger partial charge in [-0.1, -0.05) is 6.92 Å². The molecule has 1 aliphatic rings. The second kappa shape index (κ2) is 8.51. The molecule has 146 valence electrons. The third-order valence-corrected chi connectivity index (χ3v) is 4.61. The number of carbonyl (C=O) groups is 2. The molecule has 1 aliphatic heterocycles. The van der Waals surface area contributed by atoms with Gasteiger partial charge >= 0.3 is 5.97 Å². The van der Waals surface area contributed by atoms with Gasteiger partial charge in [0.25, 0.3) is 11.6 Å². The summed E-state index contributed by atoms with van der Waals surface area (Å²) in [5, 5.41) is 10.8. The van der Waals surface area contributed by atoms with Crippen molar-refractivity contribution in [1.82, 2.24) is 4.90 Å². The summed E-state index contributed by atoms with van der Waals surface area (Å²) in [6.07, 6.45) is 0.291. The van der Waals surface area contributed by atoms with Crippen LogP contribution in [0.2, 0.25) is 0 Å². The van der Waals surface area contributed by atoms with Gasteiger partial charge in [-0.15, -0.1) is 0 Å². The molecule has 1 amide bonds. The van der Waals surface area contributed by atoms with Crippen LogP contribution in [0.15, 0.2) is 48.5 Å². The second-order valence-corrected chi connectivity index (χ2v) is 6.40. The minimum absolute atomic E-state index is 0.0608. The van der Waals surface area contributed by atoms with Gasteiger partial charge in [-0.25, -0.2) is 0 Å². The summed E-state index contributed by atoms with van der Waals surface area (Å²) in [5.41, 5.74) is 1.51. The number of hydrogen-bond acceptors (Lipinski definition) is 6. The molecular formula is C20H21N3O5. The van der Waals surface area contributed by atoms with Crippen molar-refractivity contribution in [2.24, 2.45) is 0 Å². The molecular weight excluding hydrogens is 362 g/mol. The molecule has 0 aliphatic carbocycles. The van der Waals surface area contributed by atoms with Gasteiger partial charge in [-0.2, -0.15) is 0 Å². The molecule has 3 rings (SSSR count). The van der Waals surface area contributed by atoms with E-state index in [1.165, 1.54) is 12.1 Å². The fourth-order valence-corrected chi connectivity index (χ4v) is 3.00. The fraction of sp³-hybridized carbons (Fsp3) is 0.300. The standard InChI is InChI=1S/C20H21N3O5/c1-2-19(24)28-18-9-3-15(4-10-18)20(25)22-13-11-21(12-14-22)16-5-7-17(8-6-16)23(26)27/h3-10H,2,11-14H2,1H3. The van der Waals surface area contributed by atoms with E-state index in [0.717, 1.165) is 5.69 Å². The van der Waals surface area contributed by atoms with E-state index in [4.69, 9.17) is 4.74 Å². The van der Waals surface area contributed by atoms with Crippen LogP contribution >= 0.6 is 0 Å². The molecule has 0 bridgehead atoms. The van der Waals surface area contributed by atoms with Crippen LogP contribution < -0.4 is 9.64 Å². The topological polar surface area (TPSA) is 93.0 Å². The average Bonchev–Trinajstić information content (AvgIpc) is 2.74. The molecule has 1 fully saturated rings. The Morgan fingerprint density at radius 3 is 2.14 bits per heavy atom. The maximum Gasteiger partial charge on any atom is 0.310 e. The van der Waals surface area contributed by atoms with Crippen LogP contribution in [0.3, 0.4) is 0 Å². The van der Waals surface area contributed by atoms with Gasteiger partial charge in [0.1, 0.15) is 5.75 Å². The molecule has 8 nitrogen and oxygen atoms in total. The monoisotopic (exact) mass is 383 g/mol. The molecule has 0 unspecified atom stereocenters. The number of hydrogen-bond donors (Lipinski definition) is 0. The van der Waals surface area contributed by atoms with E-state index in [9.17, 15) is 19.7 Å². The molecule has 1 saturated heterocycles. The van der Waals surface area contributed by atoms with Crippen LogP contribution in [0.4, 0.5) is 11.4 Å². The molecule has 2 aromatic carbocycles. The molecule has 1 heterocycles. The van der Waals surface area contributed by atoms with Crippen molar-refractivity contribution in [3.63, 3.8) is 0 Å². The first kappa shape index (κ1) is 19.3. The highest BCUT2D eigenvalue weighted by Gasteiger charge is 2.22. The van der Waals surface area contributed by atoms with Gasteiger partial charge < -0.3 is 14.5 Å². The Hall–Kier alpha value is -3.42. The Balaban J connectivity index is 1.57. The van der Waals surface area contributed by atoms with Crippen LogP contribution in [-0.2, 0) is 4.79 Å². The Morgan fingerprint density at radius 2 is 1.61 bits per heavy atom. The van der Waals surface area contributed by atoms with Crippen molar-refractivity contribution in [2.45, 2.75) is 13.3 Å². The van der Waals surface area contributed by atoms with E-state index in [2.05, 4.69) is 4.90 Å². The zero-order valence-electron chi connectivity index (χ0n) is 15.5. The van der Waals surface area contributed by atoms with Crippen LogP contribution in [0.25, 0.3) is 0 Å². The SMILES string of the molecule is CCC(=O)Oc1ccc(C(=O)N2CCN(c3ccc([N+](=O)[O-])cc3)CC2)cc1. The first-order valence-electron chi connectivity index (χ1n) is 9.07. The van der Waals surface area contributed by atoms with Crippen molar-refractivity contribution in [3.05, 3.63) is 64.2 Å². The number of anilines is 1. The summed E-state index contributed by atoms with van der Waals surface area (Å²) in [5.74, 6) is 0.0320. The lowest BCUT2D eigenvalue weighted by molar-refractivity contribution is -0.384. The number of nitrogens with zero attached hydrogens (tertiary/aromatic N) is 3. The number of nitro benzene ring substituents is 1. The number of benzene rings is 2. The van der Waals surface area contributed by atoms with Crippen LogP contribution in [0.5, 0.6) is 5.75 Å². The lowest BCUT2D eigenvalue weighted by Gasteiger charge is -2.36. The van der Waals surface area contributed by atoms with E-state index >= 15 is 0 Å². The summed E-state index contributed by atoms with van der Waals surface area (Å²) in [4.78, 5) is 38.2. The number of rotatable bonds is 5. The van der Waals surface area contributed by atoms with E-state index in [-0.39, 0.29) is 17.6 Å². The number of non-ortho nitro benzene ring substituents is 1. The molecule has 0 spiro atoms. The minimum atomic E-state index is -0.422. The fourth-order valence-electron chi connectivity index (χ4n) is 3.00. The highest BCUT2D eigenvalue weighted by atomic mass is 16.6. The predicted molar refractivity (Wildman–Crippen MR) is 104 cm³/mol. The van der Waals surface area contributed by atoms with Crippen molar-refractivity contribution in [2.75, 3.05) is 31.1 Å². The Labute approximate surface area is 162 Å². The average molecular weight is 383 g/mol. The van der Waals surface area contributed by atoms with Crippen molar-refractivity contribution < 1.29 is 19.2 Å². The summed E-state index contributed by atoms with van der Waals surface area (Å²) >= 11 is 0. The van der Waals surface area contributed by atoms with E-state index in [1.807, 2.05) is 0 Å². The van der Waals surface area contributed by atoms with Crippen LogP contribution in [0.1, 0.15) is 23.7 Å². The summed E-state index contributed by atoms with van der Waals surface area (Å²) in [7, 11) is 0. The summed E-state index contributed by atoms with van der Waals surface area (Å²) < 4.78 is 5.12. The first-order valence-corrected chi connectivity index (χ1v) is 9.07. The summed E-state index contributed by atoms with van der Waals surface area (Å²) in [6.45, 7) is 4.13. The number of carbonyl (C=O) groups excluding carboxylic acids is 2. The number of ether oxygens (including phenoxy) is 1. The maximum atomic E-state index is 12.7. The third-order valence-electron chi connectivity index (χ3n) is 4.61. The molecule has 0 atom stereocenters. The minimum Gasteiger partial charge on any atom is -0.427 e. The smallest absolute Gasteiger partial charge is 0.310 e. The molecule has 0 aromatic heterocycles. The number of piperazine rings is 1. The predicted octanol–water partition coefficient (Wildman–Crippen LogP) is 2.87. The zero-order valence-corrected chi connectivity index (χ0v) is 15.5. The third kappa shape index (κ3) is 4.46. The number of amides is 1. The summed E-state index contributed by atoms with van der Waals surface area (Å²) in [6, 6.07) is 13.0. The molecule has 0 N–H and O–H groups in total. The van der Waals surface area contributed by atoms with Gasteiger partial charge in [0.2, 0.25) is 0 Å². The molecule has 28 heavy (non-hydrogen) atoms. The number of nitro groups is 1. The Kier molecular flexibility index (Phi) is 5.88. The van der Waals surface area contributed by atoms with Gasteiger partial charge in [-0.3, -0.25) is 19.7 Å². The Morgan fingerprint density at radius 1 is 1.00 bits per heavy atom. The van der Waals surface area contributed by atoms with Gasteiger partial charge in [0.05, 0.1) is 4.92 Å². The second-order valence-electron chi connectivity index (χ2n) is 6.40. The van der Waals surface area contributed by atoms with Gasteiger partial charge in [-0.05, 0) is 36.4 Å². The van der Waals surface area contributed by atoms with Crippen molar-refractivity contribution >= 4 is 23.3 Å².